The van der Waals surface area contributed by atoms with Crippen LogP contribution >= 0.6 is 0 Å². The molecule has 0 amide bonds. The zero-order valence-electron chi connectivity index (χ0n) is 21.9. The first-order chi connectivity index (χ1) is 18.9. The minimum Gasteiger partial charge on any atom is -0.340 e. The van der Waals surface area contributed by atoms with Gasteiger partial charge in [-0.05, 0) is 63.0 Å². The van der Waals surface area contributed by atoms with Crippen LogP contribution in [0.2, 0.25) is 0 Å². The lowest BCUT2D eigenvalue weighted by molar-refractivity contribution is 0.0988. The Labute approximate surface area is 227 Å². The number of allylic oxidation sites excluding steroid dienone is 4. The third-order valence-corrected chi connectivity index (χ3v) is 8.21. The van der Waals surface area contributed by atoms with Gasteiger partial charge in [0, 0.05) is 34.5 Å². The van der Waals surface area contributed by atoms with E-state index in [-0.39, 0.29) is 22.6 Å². The van der Waals surface area contributed by atoms with Gasteiger partial charge in [-0.3, -0.25) is 9.59 Å². The Hall–Kier alpha value is -4.76. The predicted molar refractivity (Wildman–Crippen MR) is 158 cm³/mol. The lowest BCUT2D eigenvalue weighted by Crippen LogP contribution is -2.26. The van der Waals surface area contributed by atoms with E-state index in [9.17, 15) is 9.59 Å². The fourth-order valence-electron chi connectivity index (χ4n) is 6.29. The molecule has 5 aromatic carbocycles. The Morgan fingerprint density at radius 3 is 1.92 bits per heavy atom. The molecule has 0 radical (unpaired) electrons. The van der Waals surface area contributed by atoms with E-state index < -0.39 is 0 Å². The van der Waals surface area contributed by atoms with E-state index in [0.717, 1.165) is 22.2 Å². The van der Waals surface area contributed by atoms with Crippen LogP contribution in [-0.2, 0) is 12.0 Å². The molecule has 39 heavy (non-hydrogen) atoms. The second-order valence-electron chi connectivity index (χ2n) is 10.9. The minimum atomic E-state index is -0.339. The molecule has 5 aromatic rings. The first-order valence-electron chi connectivity index (χ1n) is 13.3. The molecule has 7 rings (SSSR count). The molecule has 0 saturated heterocycles. The maximum Gasteiger partial charge on any atom is 0.197 e. The summed E-state index contributed by atoms with van der Waals surface area (Å²) in [6, 6.07) is 34.8. The summed E-state index contributed by atoms with van der Waals surface area (Å²) < 4.78 is 0. The van der Waals surface area contributed by atoms with Crippen LogP contribution in [0.25, 0.3) is 21.5 Å². The number of anilines is 1. The van der Waals surface area contributed by atoms with Gasteiger partial charge in [0.2, 0.25) is 0 Å². The zero-order valence-corrected chi connectivity index (χ0v) is 21.9. The van der Waals surface area contributed by atoms with Gasteiger partial charge in [0.05, 0.1) is 5.57 Å². The molecular formula is C36H27NO2. The molecule has 3 heteroatoms. The van der Waals surface area contributed by atoms with Crippen molar-refractivity contribution in [3.8, 4) is 0 Å². The number of benzene rings is 5. The molecule has 0 bridgehead atoms. The average molecular weight is 506 g/mol. The summed E-state index contributed by atoms with van der Waals surface area (Å²) in [6.45, 7) is 5.15. The van der Waals surface area contributed by atoms with E-state index in [0.29, 0.717) is 17.7 Å². The fraction of sp³-hybridized carbons (Fsp3) is 0.111. The van der Waals surface area contributed by atoms with Gasteiger partial charge < -0.3 is 4.90 Å². The van der Waals surface area contributed by atoms with Gasteiger partial charge in [-0.2, -0.15) is 0 Å². The third kappa shape index (κ3) is 3.58. The van der Waals surface area contributed by atoms with Crippen molar-refractivity contribution in [3.05, 3.63) is 149 Å². The van der Waals surface area contributed by atoms with Gasteiger partial charge in [-0.15, -0.1) is 0 Å². The van der Waals surface area contributed by atoms with Gasteiger partial charge in [-0.1, -0.05) is 98.8 Å². The summed E-state index contributed by atoms with van der Waals surface area (Å²) in [7, 11) is 0. The van der Waals surface area contributed by atoms with E-state index in [4.69, 9.17) is 0 Å². The number of ketones is 2. The topological polar surface area (TPSA) is 37.4 Å². The van der Waals surface area contributed by atoms with Gasteiger partial charge in [0.1, 0.15) is 0 Å². The van der Waals surface area contributed by atoms with Crippen LogP contribution in [-0.4, -0.2) is 11.6 Å². The number of hydrogen-bond acceptors (Lipinski definition) is 3. The van der Waals surface area contributed by atoms with Crippen molar-refractivity contribution in [2.24, 2.45) is 0 Å². The van der Waals surface area contributed by atoms with Gasteiger partial charge >= 0.3 is 0 Å². The van der Waals surface area contributed by atoms with E-state index in [2.05, 4.69) is 79.4 Å². The summed E-state index contributed by atoms with van der Waals surface area (Å²) in [5, 5.41) is 4.35. The minimum absolute atomic E-state index is 0.203. The van der Waals surface area contributed by atoms with E-state index in [1.165, 1.54) is 21.9 Å². The molecule has 1 aliphatic carbocycles. The van der Waals surface area contributed by atoms with Crippen LogP contribution in [0.5, 0.6) is 0 Å². The lowest BCUT2D eigenvalue weighted by atomic mass is 9.81. The number of fused-ring (bicyclic) bond motifs is 5. The number of Topliss-reactive ketones (excluding diaryl/α,β-unsaturated/α-hetero) is 2. The summed E-state index contributed by atoms with van der Waals surface area (Å²) in [6.07, 6.45) is 3.74. The van der Waals surface area contributed by atoms with Gasteiger partial charge in [0.25, 0.3) is 0 Å². The maximum atomic E-state index is 13.5. The standard InChI is InChI=1S/C36H27NO2/c1-36(2)32(19-17-28-34(38)29-20-25-13-6-7-14-26(25)21-30(29)35(28)39)37(22-23-10-4-3-5-11-23)31-18-16-24-12-8-9-15-27(24)33(31)36/h3-21H,22H2,1-2H3/b32-19+. The van der Waals surface area contributed by atoms with Crippen molar-refractivity contribution in [1.29, 1.82) is 0 Å². The Balaban J connectivity index is 1.37. The normalized spacial score (nSPS) is 16.8. The molecule has 0 spiro atoms. The summed E-state index contributed by atoms with van der Waals surface area (Å²) in [5.74, 6) is -0.406. The fourth-order valence-corrected chi connectivity index (χ4v) is 6.29. The first kappa shape index (κ1) is 23.4. The molecule has 1 aliphatic heterocycles. The van der Waals surface area contributed by atoms with Crippen molar-refractivity contribution in [1.82, 2.24) is 0 Å². The van der Waals surface area contributed by atoms with Crippen LogP contribution in [0, 0.1) is 0 Å². The second-order valence-corrected chi connectivity index (χ2v) is 10.9. The smallest absolute Gasteiger partial charge is 0.197 e. The Kier molecular flexibility index (Phi) is 5.18. The van der Waals surface area contributed by atoms with Crippen molar-refractivity contribution in [2.45, 2.75) is 25.8 Å². The average Bonchev–Trinajstić information content (AvgIpc) is 3.32. The quantitative estimate of drug-likeness (QED) is 0.183. The molecule has 2 aliphatic rings. The van der Waals surface area contributed by atoms with Crippen LogP contribution in [0.15, 0.2) is 127 Å². The van der Waals surface area contributed by atoms with Crippen LogP contribution < -0.4 is 4.90 Å². The van der Waals surface area contributed by atoms with Crippen LogP contribution in [0.1, 0.15) is 45.7 Å². The van der Waals surface area contributed by atoms with Crippen LogP contribution in [0.3, 0.4) is 0 Å². The highest BCUT2D eigenvalue weighted by atomic mass is 16.2. The molecule has 0 saturated carbocycles. The Morgan fingerprint density at radius 1 is 0.667 bits per heavy atom. The molecule has 0 unspecified atom stereocenters. The molecule has 0 fully saturated rings. The van der Waals surface area contributed by atoms with E-state index >= 15 is 0 Å². The molecule has 0 N–H and O–H groups in total. The van der Waals surface area contributed by atoms with Gasteiger partial charge in [-0.25, -0.2) is 0 Å². The number of carbonyl (C=O) groups is 2. The number of rotatable bonds is 3. The van der Waals surface area contributed by atoms with Crippen molar-refractivity contribution in [2.75, 3.05) is 4.90 Å². The predicted octanol–water partition coefficient (Wildman–Crippen LogP) is 8.18. The molecule has 188 valence electrons. The molecular weight excluding hydrogens is 478 g/mol. The Bertz CT molecular complexity index is 1840. The number of hydrogen-bond donors (Lipinski definition) is 0. The van der Waals surface area contributed by atoms with E-state index in [1.54, 1.807) is 6.08 Å². The number of carbonyl (C=O) groups excluding carboxylic acids is 2. The summed E-state index contributed by atoms with van der Waals surface area (Å²) in [4.78, 5) is 29.2. The molecule has 0 aromatic heterocycles. The molecule has 3 nitrogen and oxygen atoms in total. The second kappa shape index (κ2) is 8.64. The SMILES string of the molecule is CC1(C)/C(=C\C=C2C(=O)c3cc4ccccc4cc3C2=O)N(Cc2ccccc2)c2ccc3ccccc3c21. The number of nitrogens with zero attached hydrogens (tertiary/aromatic N) is 1. The zero-order chi connectivity index (χ0) is 26.7. The van der Waals surface area contributed by atoms with Crippen molar-refractivity contribution < 1.29 is 9.59 Å². The third-order valence-electron chi connectivity index (χ3n) is 8.21. The highest BCUT2D eigenvalue weighted by Crippen LogP contribution is 2.51. The lowest BCUT2D eigenvalue weighted by Gasteiger charge is -2.27. The largest absolute Gasteiger partial charge is 0.340 e. The summed E-state index contributed by atoms with van der Waals surface area (Å²) >= 11 is 0. The van der Waals surface area contributed by atoms with Crippen LogP contribution in [0.4, 0.5) is 5.69 Å². The van der Waals surface area contributed by atoms with Crippen molar-refractivity contribution >= 4 is 38.8 Å². The van der Waals surface area contributed by atoms with Crippen molar-refractivity contribution in [3.63, 3.8) is 0 Å². The van der Waals surface area contributed by atoms with E-state index in [1.807, 2.05) is 48.5 Å². The highest BCUT2D eigenvalue weighted by Gasteiger charge is 2.41. The summed E-state index contributed by atoms with van der Waals surface area (Å²) in [5.41, 5.74) is 5.55. The molecule has 1 heterocycles. The first-order valence-corrected chi connectivity index (χ1v) is 13.3. The maximum absolute atomic E-state index is 13.5. The Morgan fingerprint density at radius 2 is 1.26 bits per heavy atom. The molecule has 0 atom stereocenters. The highest BCUT2D eigenvalue weighted by molar-refractivity contribution is 6.40. The van der Waals surface area contributed by atoms with Gasteiger partial charge in [0.15, 0.2) is 11.6 Å². The monoisotopic (exact) mass is 505 g/mol.